The Morgan fingerprint density at radius 1 is 1.50 bits per heavy atom. The number of halogens is 2. The molecule has 0 aliphatic rings. The fourth-order valence-corrected chi connectivity index (χ4v) is 2.00. The van der Waals surface area contributed by atoms with Crippen LogP contribution in [0.4, 0.5) is 4.39 Å². The summed E-state index contributed by atoms with van der Waals surface area (Å²) in [5.41, 5.74) is 0.710. The number of nitrogens with one attached hydrogen (secondary N) is 1. The fourth-order valence-electron chi connectivity index (χ4n) is 1.67. The zero-order valence-corrected chi connectivity index (χ0v) is 11.2. The molecule has 0 spiro atoms. The van der Waals surface area contributed by atoms with Gasteiger partial charge in [-0.15, -0.1) is 0 Å². The number of methoxy groups -OCH3 is 1. The van der Waals surface area contributed by atoms with Gasteiger partial charge in [0.25, 0.3) is 0 Å². The SMILES string of the molecule is CNC(CCCOC)c1ccc(Br)cc1F. The molecule has 0 heterocycles. The van der Waals surface area contributed by atoms with Crippen LogP contribution in [-0.4, -0.2) is 20.8 Å². The molecular weight excluding hydrogens is 273 g/mol. The van der Waals surface area contributed by atoms with Crippen LogP contribution in [0.3, 0.4) is 0 Å². The van der Waals surface area contributed by atoms with E-state index in [-0.39, 0.29) is 11.9 Å². The second-order valence-electron chi connectivity index (χ2n) is 3.64. The van der Waals surface area contributed by atoms with E-state index < -0.39 is 0 Å². The summed E-state index contributed by atoms with van der Waals surface area (Å²) in [6, 6.07) is 5.21. The maximum absolute atomic E-state index is 13.7. The van der Waals surface area contributed by atoms with Crippen LogP contribution >= 0.6 is 15.9 Å². The van der Waals surface area contributed by atoms with E-state index in [1.54, 1.807) is 7.11 Å². The molecule has 0 bridgehead atoms. The Bertz CT molecular complexity index is 333. The summed E-state index contributed by atoms with van der Waals surface area (Å²) in [5.74, 6) is -0.175. The topological polar surface area (TPSA) is 21.3 Å². The molecular formula is C12H17BrFNO. The highest BCUT2D eigenvalue weighted by molar-refractivity contribution is 9.10. The van der Waals surface area contributed by atoms with Gasteiger partial charge in [-0.2, -0.15) is 0 Å². The second-order valence-corrected chi connectivity index (χ2v) is 4.56. The molecule has 1 N–H and O–H groups in total. The number of rotatable bonds is 6. The van der Waals surface area contributed by atoms with E-state index in [9.17, 15) is 4.39 Å². The van der Waals surface area contributed by atoms with Crippen LogP contribution in [0.1, 0.15) is 24.4 Å². The van der Waals surface area contributed by atoms with Crippen molar-refractivity contribution in [1.29, 1.82) is 0 Å². The Labute approximate surface area is 104 Å². The van der Waals surface area contributed by atoms with E-state index in [4.69, 9.17) is 4.74 Å². The van der Waals surface area contributed by atoms with E-state index >= 15 is 0 Å². The summed E-state index contributed by atoms with van der Waals surface area (Å²) in [7, 11) is 3.52. The normalized spacial score (nSPS) is 12.8. The lowest BCUT2D eigenvalue weighted by Gasteiger charge is -2.17. The molecule has 0 aliphatic carbocycles. The molecule has 0 aliphatic heterocycles. The van der Waals surface area contributed by atoms with Crippen molar-refractivity contribution in [2.75, 3.05) is 20.8 Å². The Balaban J connectivity index is 2.70. The molecule has 0 amide bonds. The van der Waals surface area contributed by atoms with Gasteiger partial charge >= 0.3 is 0 Å². The number of hydrogen-bond donors (Lipinski definition) is 1. The molecule has 4 heteroatoms. The summed E-state index contributed by atoms with van der Waals surface area (Å²) in [5, 5.41) is 3.13. The smallest absolute Gasteiger partial charge is 0.129 e. The summed E-state index contributed by atoms with van der Waals surface area (Å²) in [6.07, 6.45) is 1.78. The summed E-state index contributed by atoms with van der Waals surface area (Å²) >= 11 is 3.25. The minimum absolute atomic E-state index is 0.0447. The molecule has 90 valence electrons. The lowest BCUT2D eigenvalue weighted by molar-refractivity contribution is 0.189. The van der Waals surface area contributed by atoms with E-state index in [0.717, 1.165) is 17.3 Å². The third-order valence-electron chi connectivity index (χ3n) is 2.53. The molecule has 0 fully saturated rings. The third-order valence-corrected chi connectivity index (χ3v) is 3.02. The van der Waals surface area contributed by atoms with Crippen LogP contribution in [0.15, 0.2) is 22.7 Å². The van der Waals surface area contributed by atoms with Crippen molar-refractivity contribution < 1.29 is 9.13 Å². The number of hydrogen-bond acceptors (Lipinski definition) is 2. The number of benzene rings is 1. The molecule has 16 heavy (non-hydrogen) atoms. The molecule has 1 unspecified atom stereocenters. The summed E-state index contributed by atoms with van der Waals surface area (Å²) in [4.78, 5) is 0. The van der Waals surface area contributed by atoms with Crippen molar-refractivity contribution in [1.82, 2.24) is 5.32 Å². The van der Waals surface area contributed by atoms with Crippen LogP contribution in [0, 0.1) is 5.82 Å². The van der Waals surface area contributed by atoms with Crippen molar-refractivity contribution in [3.63, 3.8) is 0 Å². The van der Waals surface area contributed by atoms with Gasteiger partial charge in [-0.3, -0.25) is 0 Å². The minimum atomic E-state index is -0.175. The predicted molar refractivity (Wildman–Crippen MR) is 67.0 cm³/mol. The fraction of sp³-hybridized carbons (Fsp3) is 0.500. The standard InChI is InChI=1S/C12H17BrFNO/c1-15-12(4-3-7-16-2)10-6-5-9(13)8-11(10)14/h5-6,8,12,15H,3-4,7H2,1-2H3. The summed E-state index contributed by atoms with van der Waals surface area (Å²) < 4.78 is 19.5. The van der Waals surface area contributed by atoms with E-state index in [1.807, 2.05) is 19.2 Å². The van der Waals surface area contributed by atoms with Gasteiger partial charge in [-0.1, -0.05) is 22.0 Å². The second kappa shape index (κ2) is 6.99. The first kappa shape index (κ1) is 13.6. The average molecular weight is 290 g/mol. The Kier molecular flexibility index (Phi) is 5.95. The third kappa shape index (κ3) is 3.85. The first-order valence-corrected chi connectivity index (χ1v) is 6.09. The van der Waals surface area contributed by atoms with Gasteiger partial charge in [-0.25, -0.2) is 4.39 Å². The van der Waals surface area contributed by atoms with Gasteiger partial charge in [0.2, 0.25) is 0 Å². The molecule has 0 radical (unpaired) electrons. The zero-order valence-electron chi connectivity index (χ0n) is 9.59. The van der Waals surface area contributed by atoms with E-state index in [1.165, 1.54) is 6.07 Å². The lowest BCUT2D eigenvalue weighted by atomic mass is 10.0. The van der Waals surface area contributed by atoms with Crippen molar-refractivity contribution in [2.24, 2.45) is 0 Å². The zero-order chi connectivity index (χ0) is 12.0. The lowest BCUT2D eigenvalue weighted by Crippen LogP contribution is -2.18. The Morgan fingerprint density at radius 2 is 2.25 bits per heavy atom. The molecule has 0 saturated carbocycles. The molecule has 1 aromatic rings. The molecule has 1 rings (SSSR count). The molecule has 1 atom stereocenters. The van der Waals surface area contributed by atoms with Gasteiger partial charge < -0.3 is 10.1 Å². The molecule has 0 aromatic heterocycles. The van der Waals surface area contributed by atoms with Crippen LogP contribution in [-0.2, 0) is 4.74 Å². The Morgan fingerprint density at radius 3 is 2.81 bits per heavy atom. The van der Waals surface area contributed by atoms with Crippen LogP contribution < -0.4 is 5.32 Å². The first-order chi connectivity index (χ1) is 7.69. The molecule has 2 nitrogen and oxygen atoms in total. The van der Waals surface area contributed by atoms with Crippen LogP contribution in [0.25, 0.3) is 0 Å². The summed E-state index contributed by atoms with van der Waals surface area (Å²) in [6.45, 7) is 0.705. The van der Waals surface area contributed by atoms with E-state index in [0.29, 0.717) is 12.2 Å². The average Bonchev–Trinajstić information content (AvgIpc) is 2.26. The van der Waals surface area contributed by atoms with Gasteiger partial charge in [0.15, 0.2) is 0 Å². The van der Waals surface area contributed by atoms with Crippen LogP contribution in [0.5, 0.6) is 0 Å². The first-order valence-electron chi connectivity index (χ1n) is 5.30. The van der Waals surface area contributed by atoms with E-state index in [2.05, 4.69) is 21.2 Å². The maximum Gasteiger partial charge on any atom is 0.129 e. The van der Waals surface area contributed by atoms with Crippen molar-refractivity contribution in [3.8, 4) is 0 Å². The van der Waals surface area contributed by atoms with Crippen molar-refractivity contribution >= 4 is 15.9 Å². The highest BCUT2D eigenvalue weighted by Gasteiger charge is 2.13. The quantitative estimate of drug-likeness (QED) is 0.812. The molecule has 1 aromatic carbocycles. The Hall–Kier alpha value is -0.450. The largest absolute Gasteiger partial charge is 0.385 e. The van der Waals surface area contributed by atoms with Gasteiger partial charge in [0.1, 0.15) is 5.82 Å². The predicted octanol–water partition coefficient (Wildman–Crippen LogP) is 3.28. The number of ether oxygens (including phenoxy) is 1. The van der Waals surface area contributed by atoms with Gasteiger partial charge in [-0.05, 0) is 32.0 Å². The maximum atomic E-state index is 13.7. The minimum Gasteiger partial charge on any atom is -0.385 e. The molecule has 0 saturated heterocycles. The monoisotopic (exact) mass is 289 g/mol. The van der Waals surface area contributed by atoms with Crippen LogP contribution in [0.2, 0.25) is 0 Å². The van der Waals surface area contributed by atoms with Crippen molar-refractivity contribution in [3.05, 3.63) is 34.1 Å². The highest BCUT2D eigenvalue weighted by Crippen LogP contribution is 2.24. The highest BCUT2D eigenvalue weighted by atomic mass is 79.9. The van der Waals surface area contributed by atoms with Gasteiger partial charge in [0.05, 0.1) is 0 Å². The van der Waals surface area contributed by atoms with Crippen molar-refractivity contribution in [2.45, 2.75) is 18.9 Å². The van der Waals surface area contributed by atoms with Gasteiger partial charge in [0, 0.05) is 29.8 Å².